The highest BCUT2D eigenvalue weighted by atomic mass is 35.5. The number of hydrogen-bond acceptors (Lipinski definition) is 5. The normalized spacial score (nSPS) is 10.3. The van der Waals surface area contributed by atoms with Gasteiger partial charge in [0.25, 0.3) is 0 Å². The molecule has 4 N–H and O–H groups in total. The van der Waals surface area contributed by atoms with Crippen LogP contribution in [-0.4, -0.2) is 23.2 Å². The number of aromatic nitrogens is 2. The first kappa shape index (κ1) is 11.8. The summed E-state index contributed by atoms with van der Waals surface area (Å²) < 4.78 is 0.477. The zero-order valence-corrected chi connectivity index (χ0v) is 8.87. The molecule has 1 aromatic rings. The number of nitrogens with two attached hydrogens (primary N) is 1. The minimum atomic E-state index is -0.188. The first-order valence-corrected chi connectivity index (χ1v) is 4.93. The van der Waals surface area contributed by atoms with Crippen LogP contribution in [0.2, 0.25) is 5.15 Å². The van der Waals surface area contributed by atoms with Gasteiger partial charge in [-0.25, -0.2) is 4.73 Å². The predicted molar refractivity (Wildman–Crippen MR) is 57.4 cm³/mol. The van der Waals surface area contributed by atoms with Gasteiger partial charge in [-0.05, 0) is 24.4 Å². The third-order valence-corrected chi connectivity index (χ3v) is 1.99. The second-order valence-corrected chi connectivity index (χ2v) is 3.36. The van der Waals surface area contributed by atoms with Crippen molar-refractivity contribution < 1.29 is 9.84 Å². The van der Waals surface area contributed by atoms with E-state index in [1.54, 1.807) is 0 Å². The lowest BCUT2D eigenvalue weighted by Gasteiger charge is -2.12. The van der Waals surface area contributed by atoms with Crippen molar-refractivity contribution >= 4 is 23.4 Å². The second-order valence-electron chi connectivity index (χ2n) is 2.97. The summed E-state index contributed by atoms with van der Waals surface area (Å²) in [6.45, 7) is 0.709. The lowest BCUT2D eigenvalue weighted by Crippen LogP contribution is -2.35. The van der Waals surface area contributed by atoms with Crippen molar-refractivity contribution in [2.24, 2.45) is 0 Å². The van der Waals surface area contributed by atoms with Crippen LogP contribution in [0.3, 0.4) is 0 Å². The van der Waals surface area contributed by atoms with Crippen LogP contribution in [0, 0.1) is 5.21 Å². The zero-order valence-electron chi connectivity index (χ0n) is 8.11. The van der Waals surface area contributed by atoms with E-state index in [-0.39, 0.29) is 23.5 Å². The van der Waals surface area contributed by atoms with Crippen LogP contribution in [0.15, 0.2) is 6.07 Å². The molecule has 0 atom stereocenters. The van der Waals surface area contributed by atoms with E-state index in [9.17, 15) is 5.21 Å². The third-order valence-electron chi connectivity index (χ3n) is 1.80. The molecule has 0 saturated heterocycles. The van der Waals surface area contributed by atoms with E-state index < -0.39 is 0 Å². The van der Waals surface area contributed by atoms with E-state index in [0.29, 0.717) is 17.7 Å². The van der Waals surface area contributed by atoms with Crippen molar-refractivity contribution in [3.8, 4) is 0 Å². The minimum Gasteiger partial charge on any atom is -0.754 e. The monoisotopic (exact) mass is 232 g/mol. The molecule has 0 radical (unpaired) electrons. The molecule has 6 nitrogen and oxygen atoms in total. The van der Waals surface area contributed by atoms with Gasteiger partial charge in [-0.15, -0.1) is 0 Å². The Morgan fingerprint density at radius 2 is 2.33 bits per heavy atom. The number of rotatable bonds is 5. The lowest BCUT2D eigenvalue weighted by atomic mass is 10.3. The molecule has 0 fully saturated rings. The molecule has 0 spiro atoms. The van der Waals surface area contributed by atoms with Gasteiger partial charge in [0.2, 0.25) is 0 Å². The Bertz CT molecular complexity index is 335. The van der Waals surface area contributed by atoms with Crippen LogP contribution in [0.1, 0.15) is 12.8 Å². The number of hydrogen-bond donors (Lipinski definition) is 3. The fraction of sp³-hybridized carbons (Fsp3) is 0.500. The molecule has 15 heavy (non-hydrogen) atoms. The maximum absolute atomic E-state index is 11.3. The van der Waals surface area contributed by atoms with Crippen LogP contribution in [-0.2, 0) is 0 Å². The number of anilines is 2. The lowest BCUT2D eigenvalue weighted by molar-refractivity contribution is -0.577. The molecule has 0 amide bonds. The summed E-state index contributed by atoms with van der Waals surface area (Å²) in [6, 6.07) is 1.41. The van der Waals surface area contributed by atoms with E-state index in [0.717, 1.165) is 6.42 Å². The largest absolute Gasteiger partial charge is 0.754 e. The van der Waals surface area contributed by atoms with Gasteiger partial charge in [0, 0.05) is 13.2 Å². The topological polar surface area (TPSA) is 98.1 Å². The number of halogens is 1. The Labute approximate surface area is 92.3 Å². The molecule has 0 aromatic carbocycles. The van der Waals surface area contributed by atoms with Crippen LogP contribution in [0.25, 0.3) is 0 Å². The Balaban J connectivity index is 2.60. The van der Waals surface area contributed by atoms with Gasteiger partial charge in [-0.1, -0.05) is 4.98 Å². The van der Waals surface area contributed by atoms with Crippen LogP contribution in [0.5, 0.6) is 0 Å². The summed E-state index contributed by atoms with van der Waals surface area (Å²) in [4.78, 5) is 3.59. The van der Waals surface area contributed by atoms with E-state index in [1.807, 2.05) is 0 Å². The highest BCUT2D eigenvalue weighted by Gasteiger charge is 2.07. The Kier molecular flexibility index (Phi) is 4.38. The van der Waals surface area contributed by atoms with Crippen molar-refractivity contribution in [1.29, 1.82) is 0 Å². The Hall–Kier alpha value is -1.27. The molecular formula is C8H13ClN4O2. The van der Waals surface area contributed by atoms with Crippen molar-refractivity contribution in [2.75, 3.05) is 24.2 Å². The Morgan fingerprint density at radius 3 is 3.00 bits per heavy atom. The SMILES string of the molecule is Nc1nc(Cl)cc(NCCCCO)[n+]1[O-]. The molecule has 0 saturated carbocycles. The smallest absolute Gasteiger partial charge is 0.345 e. The maximum atomic E-state index is 11.3. The van der Waals surface area contributed by atoms with Gasteiger partial charge in [0.1, 0.15) is 0 Å². The first-order valence-electron chi connectivity index (χ1n) is 4.55. The molecule has 0 bridgehead atoms. The molecule has 0 unspecified atom stereocenters. The number of nitrogens with zero attached hydrogens (tertiary/aromatic N) is 2. The van der Waals surface area contributed by atoms with Crippen LogP contribution in [0.4, 0.5) is 11.8 Å². The fourth-order valence-corrected chi connectivity index (χ4v) is 1.25. The van der Waals surface area contributed by atoms with E-state index in [4.69, 9.17) is 22.4 Å². The van der Waals surface area contributed by atoms with Crippen molar-refractivity contribution in [1.82, 2.24) is 4.98 Å². The van der Waals surface area contributed by atoms with Crippen molar-refractivity contribution in [2.45, 2.75) is 12.8 Å². The number of aliphatic hydroxyl groups is 1. The van der Waals surface area contributed by atoms with Gasteiger partial charge in [-0.3, -0.25) is 0 Å². The molecule has 7 heteroatoms. The maximum Gasteiger partial charge on any atom is 0.345 e. The first-order chi connectivity index (χ1) is 7.15. The minimum absolute atomic E-state index is 0.137. The number of aliphatic hydroxyl groups excluding tert-OH is 1. The summed E-state index contributed by atoms with van der Waals surface area (Å²) in [5, 5.41) is 22.9. The zero-order chi connectivity index (χ0) is 11.3. The molecule has 0 aliphatic carbocycles. The third kappa shape index (κ3) is 3.41. The summed E-state index contributed by atoms with van der Waals surface area (Å²) in [7, 11) is 0. The average molecular weight is 233 g/mol. The highest BCUT2D eigenvalue weighted by molar-refractivity contribution is 6.29. The molecule has 1 heterocycles. The highest BCUT2D eigenvalue weighted by Crippen LogP contribution is 2.10. The molecule has 1 aromatic heterocycles. The van der Waals surface area contributed by atoms with E-state index >= 15 is 0 Å². The number of unbranched alkanes of at least 4 members (excludes halogenated alkanes) is 1. The van der Waals surface area contributed by atoms with Crippen LogP contribution < -0.4 is 15.8 Å². The molecule has 0 aliphatic rings. The fourth-order valence-electron chi connectivity index (χ4n) is 1.06. The number of nitrogen functional groups attached to an aromatic ring is 1. The van der Waals surface area contributed by atoms with Gasteiger partial charge in [0.05, 0.1) is 6.07 Å². The van der Waals surface area contributed by atoms with E-state index in [1.165, 1.54) is 6.07 Å². The quantitative estimate of drug-likeness (QED) is 0.290. The summed E-state index contributed by atoms with van der Waals surface area (Å²) in [5.41, 5.74) is 5.33. The van der Waals surface area contributed by atoms with Gasteiger partial charge >= 0.3 is 5.95 Å². The van der Waals surface area contributed by atoms with Gasteiger partial charge in [0.15, 0.2) is 11.0 Å². The predicted octanol–water partition coefficient (Wildman–Crippen LogP) is 0.135. The van der Waals surface area contributed by atoms with Crippen LogP contribution >= 0.6 is 11.6 Å². The molecule has 1 rings (SSSR count). The summed E-state index contributed by atoms with van der Waals surface area (Å²) in [6.07, 6.45) is 1.44. The molecule has 84 valence electrons. The van der Waals surface area contributed by atoms with Gasteiger partial charge in [-0.2, -0.15) is 0 Å². The summed E-state index contributed by atoms with van der Waals surface area (Å²) >= 11 is 5.64. The van der Waals surface area contributed by atoms with Crippen molar-refractivity contribution in [3.05, 3.63) is 16.4 Å². The standard InChI is InChI=1S/C8H13ClN4O2/c9-6-5-7(11-3-1-2-4-14)13(15)8(10)12-6/h5,11,14H,1-4H2,(H2,10,12). The second kappa shape index (κ2) is 5.57. The summed E-state index contributed by atoms with van der Waals surface area (Å²) in [5.74, 6) is 0.0811. The average Bonchev–Trinajstić information content (AvgIpc) is 2.19. The number of nitrogens with one attached hydrogen (secondary N) is 1. The Morgan fingerprint density at radius 1 is 1.60 bits per heavy atom. The van der Waals surface area contributed by atoms with Crippen molar-refractivity contribution in [3.63, 3.8) is 0 Å². The van der Waals surface area contributed by atoms with Gasteiger partial charge < -0.3 is 21.4 Å². The van der Waals surface area contributed by atoms with E-state index in [2.05, 4.69) is 10.3 Å². The molecular weight excluding hydrogens is 220 g/mol. The molecule has 0 aliphatic heterocycles.